The van der Waals surface area contributed by atoms with Crippen LogP contribution in [0.25, 0.3) is 10.9 Å². The molecule has 4 heteroatoms. The van der Waals surface area contributed by atoms with E-state index in [0.717, 1.165) is 22.4 Å². The van der Waals surface area contributed by atoms with E-state index in [9.17, 15) is 0 Å². The van der Waals surface area contributed by atoms with E-state index >= 15 is 0 Å². The molecule has 4 nitrogen and oxygen atoms in total. The molecule has 1 fully saturated rings. The Morgan fingerprint density at radius 3 is 2.78 bits per heavy atom. The van der Waals surface area contributed by atoms with Crippen molar-refractivity contribution in [2.75, 3.05) is 11.1 Å². The Hall–Kier alpha value is -1.84. The molecular formula is C14H18N4. The minimum atomic E-state index is 0.169. The highest BCUT2D eigenvalue weighted by atomic mass is 15.1. The van der Waals surface area contributed by atoms with Gasteiger partial charge in [-0.2, -0.15) is 0 Å². The number of anilines is 2. The predicted molar refractivity (Wildman–Crippen MR) is 74.4 cm³/mol. The van der Waals surface area contributed by atoms with Gasteiger partial charge in [0.1, 0.15) is 12.1 Å². The van der Waals surface area contributed by atoms with Crippen molar-refractivity contribution >= 4 is 22.4 Å². The summed E-state index contributed by atoms with van der Waals surface area (Å²) in [5.41, 5.74) is 7.58. The summed E-state index contributed by atoms with van der Waals surface area (Å²) < 4.78 is 0. The first-order valence-corrected chi connectivity index (χ1v) is 6.45. The van der Waals surface area contributed by atoms with Crippen LogP contribution in [-0.4, -0.2) is 15.5 Å². The van der Waals surface area contributed by atoms with Gasteiger partial charge in [0.15, 0.2) is 0 Å². The lowest BCUT2D eigenvalue weighted by atomic mass is 10.0. The number of rotatable bonds is 2. The fourth-order valence-corrected chi connectivity index (χ4v) is 2.74. The fraction of sp³-hybridized carbons (Fsp3) is 0.429. The summed E-state index contributed by atoms with van der Waals surface area (Å²) in [6.45, 7) is 2.27. The van der Waals surface area contributed by atoms with Gasteiger partial charge in [0.2, 0.25) is 0 Å². The monoisotopic (exact) mass is 242 g/mol. The van der Waals surface area contributed by atoms with Gasteiger partial charge in [-0.05, 0) is 38.0 Å². The average molecular weight is 242 g/mol. The van der Waals surface area contributed by atoms with Gasteiger partial charge < -0.3 is 11.1 Å². The Kier molecular flexibility index (Phi) is 2.58. The summed E-state index contributed by atoms with van der Waals surface area (Å²) in [7, 11) is 0. The van der Waals surface area contributed by atoms with Crippen LogP contribution in [0.4, 0.5) is 11.5 Å². The molecule has 94 valence electrons. The van der Waals surface area contributed by atoms with Crippen LogP contribution in [0.1, 0.15) is 32.6 Å². The Labute approximate surface area is 107 Å². The van der Waals surface area contributed by atoms with E-state index in [4.69, 9.17) is 5.73 Å². The van der Waals surface area contributed by atoms with E-state index < -0.39 is 0 Å². The van der Waals surface area contributed by atoms with Gasteiger partial charge in [0, 0.05) is 16.6 Å². The van der Waals surface area contributed by atoms with E-state index in [1.807, 2.05) is 18.2 Å². The molecule has 0 bridgehead atoms. The minimum absolute atomic E-state index is 0.169. The highest BCUT2D eigenvalue weighted by molar-refractivity contribution is 5.90. The molecule has 1 aliphatic carbocycles. The molecule has 2 aromatic rings. The molecule has 0 aliphatic heterocycles. The minimum Gasteiger partial charge on any atom is -0.399 e. The lowest BCUT2D eigenvalue weighted by molar-refractivity contribution is 0.531. The van der Waals surface area contributed by atoms with Crippen molar-refractivity contribution in [3.63, 3.8) is 0 Å². The van der Waals surface area contributed by atoms with Crippen LogP contribution in [-0.2, 0) is 0 Å². The topological polar surface area (TPSA) is 63.8 Å². The molecule has 0 atom stereocenters. The second-order valence-electron chi connectivity index (χ2n) is 5.39. The molecule has 3 N–H and O–H groups in total. The first-order valence-electron chi connectivity index (χ1n) is 6.45. The number of aromatic nitrogens is 2. The number of nitrogens with two attached hydrogens (primary N) is 1. The molecule has 1 aromatic heterocycles. The van der Waals surface area contributed by atoms with Gasteiger partial charge >= 0.3 is 0 Å². The fourth-order valence-electron chi connectivity index (χ4n) is 2.74. The van der Waals surface area contributed by atoms with Crippen LogP contribution in [0.15, 0.2) is 24.5 Å². The molecule has 0 saturated heterocycles. The van der Waals surface area contributed by atoms with Gasteiger partial charge in [0.25, 0.3) is 0 Å². The van der Waals surface area contributed by atoms with Gasteiger partial charge in [-0.25, -0.2) is 9.97 Å². The quantitative estimate of drug-likeness (QED) is 0.795. The van der Waals surface area contributed by atoms with Gasteiger partial charge in [0.05, 0.1) is 5.52 Å². The van der Waals surface area contributed by atoms with Crippen molar-refractivity contribution in [2.45, 2.75) is 38.1 Å². The van der Waals surface area contributed by atoms with Gasteiger partial charge in [-0.1, -0.05) is 12.8 Å². The summed E-state index contributed by atoms with van der Waals surface area (Å²) in [5.74, 6) is 0.921. The van der Waals surface area contributed by atoms with Gasteiger partial charge in [-0.15, -0.1) is 0 Å². The third-order valence-electron chi connectivity index (χ3n) is 3.79. The molecule has 1 saturated carbocycles. The molecule has 0 spiro atoms. The second-order valence-corrected chi connectivity index (χ2v) is 5.39. The normalized spacial score (nSPS) is 18.1. The van der Waals surface area contributed by atoms with Crippen LogP contribution >= 0.6 is 0 Å². The SMILES string of the molecule is CC1(Nc2ncnc3cc(N)ccc23)CCCC1. The Balaban J connectivity index is 2.01. The molecule has 18 heavy (non-hydrogen) atoms. The lowest BCUT2D eigenvalue weighted by Gasteiger charge is -2.26. The summed E-state index contributed by atoms with van der Waals surface area (Å²) in [5, 5.41) is 4.63. The number of hydrogen-bond acceptors (Lipinski definition) is 4. The number of nitrogens with zero attached hydrogens (tertiary/aromatic N) is 2. The molecule has 0 radical (unpaired) electrons. The first kappa shape index (κ1) is 11.3. The third-order valence-corrected chi connectivity index (χ3v) is 3.79. The number of nitrogen functional groups attached to an aromatic ring is 1. The summed E-state index contributed by atoms with van der Waals surface area (Å²) in [4.78, 5) is 8.65. The molecule has 3 rings (SSSR count). The van der Waals surface area contributed by atoms with Crippen LogP contribution in [0.2, 0.25) is 0 Å². The number of nitrogens with one attached hydrogen (secondary N) is 1. The van der Waals surface area contributed by atoms with E-state index in [1.54, 1.807) is 6.33 Å². The van der Waals surface area contributed by atoms with Crippen LogP contribution < -0.4 is 11.1 Å². The highest BCUT2D eigenvalue weighted by Crippen LogP contribution is 2.33. The standard InChI is InChI=1S/C14H18N4/c1-14(6-2-3-7-14)18-13-11-5-4-10(15)8-12(11)16-9-17-13/h4-5,8-9H,2-3,6-7,15H2,1H3,(H,16,17,18). The Bertz CT molecular complexity index is 573. The molecule has 1 aromatic carbocycles. The molecular weight excluding hydrogens is 224 g/mol. The summed E-state index contributed by atoms with van der Waals surface area (Å²) >= 11 is 0. The van der Waals surface area contributed by atoms with E-state index in [1.165, 1.54) is 25.7 Å². The summed E-state index contributed by atoms with van der Waals surface area (Å²) in [6.07, 6.45) is 6.59. The second kappa shape index (κ2) is 4.12. The Morgan fingerprint density at radius 1 is 1.22 bits per heavy atom. The van der Waals surface area contributed by atoms with E-state index in [2.05, 4.69) is 22.2 Å². The summed E-state index contributed by atoms with van der Waals surface area (Å²) in [6, 6.07) is 5.78. The maximum atomic E-state index is 5.78. The van der Waals surface area contributed by atoms with Crippen molar-refractivity contribution in [1.29, 1.82) is 0 Å². The maximum Gasteiger partial charge on any atom is 0.137 e. The largest absolute Gasteiger partial charge is 0.399 e. The Morgan fingerprint density at radius 2 is 2.00 bits per heavy atom. The first-order chi connectivity index (χ1) is 8.66. The average Bonchev–Trinajstić information content (AvgIpc) is 2.76. The molecule has 1 heterocycles. The predicted octanol–water partition coefficient (Wildman–Crippen LogP) is 2.96. The van der Waals surface area contributed by atoms with Crippen molar-refractivity contribution in [3.8, 4) is 0 Å². The lowest BCUT2D eigenvalue weighted by Crippen LogP contribution is -2.31. The van der Waals surface area contributed by atoms with Crippen molar-refractivity contribution in [2.24, 2.45) is 0 Å². The van der Waals surface area contributed by atoms with Crippen LogP contribution in [0, 0.1) is 0 Å². The molecule has 0 amide bonds. The zero-order chi connectivity index (χ0) is 12.6. The number of hydrogen-bond donors (Lipinski definition) is 2. The highest BCUT2D eigenvalue weighted by Gasteiger charge is 2.29. The number of benzene rings is 1. The van der Waals surface area contributed by atoms with Crippen molar-refractivity contribution in [1.82, 2.24) is 9.97 Å². The molecule has 0 unspecified atom stereocenters. The maximum absolute atomic E-state index is 5.78. The smallest absolute Gasteiger partial charge is 0.137 e. The van der Waals surface area contributed by atoms with Crippen molar-refractivity contribution in [3.05, 3.63) is 24.5 Å². The van der Waals surface area contributed by atoms with Gasteiger partial charge in [-0.3, -0.25) is 0 Å². The zero-order valence-electron chi connectivity index (χ0n) is 10.6. The third kappa shape index (κ3) is 1.98. The van der Waals surface area contributed by atoms with Crippen molar-refractivity contribution < 1.29 is 0 Å². The van der Waals surface area contributed by atoms with Crippen LogP contribution in [0.5, 0.6) is 0 Å². The van der Waals surface area contributed by atoms with Crippen LogP contribution in [0.3, 0.4) is 0 Å². The van der Waals surface area contributed by atoms with E-state index in [0.29, 0.717) is 0 Å². The van der Waals surface area contributed by atoms with E-state index in [-0.39, 0.29) is 5.54 Å². The number of fused-ring (bicyclic) bond motifs is 1. The molecule has 1 aliphatic rings. The zero-order valence-corrected chi connectivity index (χ0v) is 10.6.